The fourth-order valence-electron chi connectivity index (χ4n) is 1.16. The number of hydrogen-bond acceptors (Lipinski definition) is 2. The van der Waals surface area contributed by atoms with E-state index in [0.29, 0.717) is 18.4 Å². The van der Waals surface area contributed by atoms with Crippen molar-refractivity contribution in [2.45, 2.75) is 20.3 Å². The molecular formula is C8H14O2. The topological polar surface area (TPSA) is 26.3 Å². The maximum atomic E-state index is 10.9. The molecule has 0 N–H and O–H groups in total. The first-order valence-corrected chi connectivity index (χ1v) is 3.79. The summed E-state index contributed by atoms with van der Waals surface area (Å²) in [5, 5.41) is 0. The number of ether oxygens (including phenoxy) is 1. The van der Waals surface area contributed by atoms with Gasteiger partial charge >= 0.3 is 0 Å². The van der Waals surface area contributed by atoms with Gasteiger partial charge in [-0.25, -0.2) is 0 Å². The molecule has 2 heteroatoms. The Kier molecular flexibility index (Phi) is 2.44. The number of hydrogen-bond donors (Lipinski definition) is 0. The van der Waals surface area contributed by atoms with Crippen LogP contribution in [-0.2, 0) is 9.53 Å². The molecule has 1 heterocycles. The van der Waals surface area contributed by atoms with Crippen molar-refractivity contribution in [3.8, 4) is 0 Å². The van der Waals surface area contributed by atoms with E-state index in [4.69, 9.17) is 4.74 Å². The van der Waals surface area contributed by atoms with Gasteiger partial charge < -0.3 is 4.74 Å². The Morgan fingerprint density at radius 1 is 1.60 bits per heavy atom. The van der Waals surface area contributed by atoms with Gasteiger partial charge in [0.05, 0.1) is 6.61 Å². The van der Waals surface area contributed by atoms with Crippen LogP contribution in [-0.4, -0.2) is 19.0 Å². The number of Topliss-reactive ketones (excluding diaryl/α,β-unsaturated/α-hetero) is 1. The molecule has 0 aromatic rings. The summed E-state index contributed by atoms with van der Waals surface area (Å²) in [5.74, 6) is 1.29. The zero-order valence-corrected chi connectivity index (χ0v) is 6.59. The lowest BCUT2D eigenvalue weighted by Gasteiger charge is -2.23. The summed E-state index contributed by atoms with van der Waals surface area (Å²) < 4.78 is 5.11. The molecule has 1 rings (SSSR count). The Morgan fingerprint density at radius 3 is 2.70 bits per heavy atom. The molecule has 0 aliphatic carbocycles. The van der Waals surface area contributed by atoms with Gasteiger partial charge in [0.2, 0.25) is 0 Å². The first-order valence-electron chi connectivity index (χ1n) is 3.79. The van der Waals surface area contributed by atoms with E-state index >= 15 is 0 Å². The molecule has 0 spiro atoms. The van der Waals surface area contributed by atoms with E-state index in [1.807, 2.05) is 0 Å². The Bertz CT molecular complexity index is 129. The number of ketones is 1. The minimum absolute atomic E-state index is 0.255. The van der Waals surface area contributed by atoms with E-state index < -0.39 is 0 Å². The lowest BCUT2D eigenvalue weighted by atomic mass is 9.90. The van der Waals surface area contributed by atoms with E-state index in [9.17, 15) is 4.79 Å². The molecule has 0 saturated carbocycles. The maximum absolute atomic E-state index is 10.9. The van der Waals surface area contributed by atoms with Crippen molar-refractivity contribution >= 4 is 5.78 Å². The smallest absolute Gasteiger partial charge is 0.158 e. The van der Waals surface area contributed by atoms with Crippen LogP contribution in [0.25, 0.3) is 0 Å². The van der Waals surface area contributed by atoms with Gasteiger partial charge in [-0.3, -0.25) is 4.79 Å². The average Bonchev–Trinajstić information content (AvgIpc) is 1.88. The number of rotatable bonds is 1. The summed E-state index contributed by atoms with van der Waals surface area (Å²) in [4.78, 5) is 10.9. The summed E-state index contributed by atoms with van der Waals surface area (Å²) in [7, 11) is 0. The van der Waals surface area contributed by atoms with Crippen LogP contribution >= 0.6 is 0 Å². The van der Waals surface area contributed by atoms with Gasteiger partial charge in [-0.1, -0.05) is 13.8 Å². The second kappa shape index (κ2) is 3.15. The van der Waals surface area contributed by atoms with Gasteiger partial charge in [0.25, 0.3) is 0 Å². The van der Waals surface area contributed by atoms with Crippen molar-refractivity contribution in [1.82, 2.24) is 0 Å². The van der Waals surface area contributed by atoms with Crippen molar-refractivity contribution in [2.75, 3.05) is 13.2 Å². The van der Waals surface area contributed by atoms with Crippen LogP contribution in [0.5, 0.6) is 0 Å². The molecular weight excluding hydrogens is 128 g/mol. The molecule has 0 aromatic heterocycles. The van der Waals surface area contributed by atoms with Gasteiger partial charge in [-0.2, -0.15) is 0 Å². The number of carbonyl (C=O) groups is 1. The highest BCUT2D eigenvalue weighted by molar-refractivity contribution is 5.80. The van der Waals surface area contributed by atoms with Crippen LogP contribution in [0.2, 0.25) is 0 Å². The lowest BCUT2D eigenvalue weighted by Crippen LogP contribution is -2.28. The zero-order chi connectivity index (χ0) is 7.56. The molecule has 1 fully saturated rings. The normalized spacial score (nSPS) is 27.5. The third kappa shape index (κ3) is 1.81. The Morgan fingerprint density at radius 2 is 2.30 bits per heavy atom. The van der Waals surface area contributed by atoms with Gasteiger partial charge in [0.1, 0.15) is 6.61 Å². The van der Waals surface area contributed by atoms with Crippen LogP contribution in [0, 0.1) is 11.8 Å². The highest BCUT2D eigenvalue weighted by Gasteiger charge is 2.22. The van der Waals surface area contributed by atoms with E-state index in [0.717, 1.165) is 13.0 Å². The molecule has 10 heavy (non-hydrogen) atoms. The van der Waals surface area contributed by atoms with Crippen molar-refractivity contribution in [1.29, 1.82) is 0 Å². The monoisotopic (exact) mass is 142 g/mol. The molecule has 1 atom stereocenters. The molecule has 0 radical (unpaired) electrons. The van der Waals surface area contributed by atoms with Crippen LogP contribution in [0.15, 0.2) is 0 Å². The Labute approximate surface area is 61.6 Å². The quantitative estimate of drug-likeness (QED) is 0.550. The second-order valence-corrected chi connectivity index (χ2v) is 3.26. The highest BCUT2D eigenvalue weighted by atomic mass is 16.5. The van der Waals surface area contributed by atoms with Gasteiger partial charge in [-0.05, 0) is 11.8 Å². The molecule has 0 amide bonds. The summed E-state index contributed by atoms with van der Waals surface area (Å²) in [6.07, 6.45) is 0.720. The van der Waals surface area contributed by atoms with Gasteiger partial charge in [0, 0.05) is 6.42 Å². The molecule has 1 aliphatic rings. The van der Waals surface area contributed by atoms with E-state index in [-0.39, 0.29) is 5.78 Å². The number of carbonyl (C=O) groups excluding carboxylic acids is 1. The fraction of sp³-hybridized carbons (Fsp3) is 0.875. The van der Waals surface area contributed by atoms with E-state index in [1.165, 1.54) is 0 Å². The molecule has 1 aliphatic heterocycles. The predicted octanol–water partition coefficient (Wildman–Crippen LogP) is 1.25. The van der Waals surface area contributed by atoms with Gasteiger partial charge in [-0.15, -0.1) is 0 Å². The molecule has 58 valence electrons. The molecule has 1 saturated heterocycles. The SMILES string of the molecule is CC(C)C1COCC(=O)C1. The Balaban J connectivity index is 2.39. The second-order valence-electron chi connectivity index (χ2n) is 3.26. The summed E-state index contributed by atoms with van der Waals surface area (Å²) >= 11 is 0. The van der Waals surface area contributed by atoms with Crippen LogP contribution in [0.1, 0.15) is 20.3 Å². The minimum Gasteiger partial charge on any atom is -0.373 e. The van der Waals surface area contributed by atoms with E-state index in [2.05, 4.69) is 13.8 Å². The van der Waals surface area contributed by atoms with Crippen LogP contribution < -0.4 is 0 Å². The molecule has 1 unspecified atom stereocenters. The average molecular weight is 142 g/mol. The van der Waals surface area contributed by atoms with Crippen molar-refractivity contribution in [3.05, 3.63) is 0 Å². The standard InChI is InChI=1S/C8H14O2/c1-6(2)7-3-8(9)5-10-4-7/h6-7H,3-5H2,1-2H3. The lowest BCUT2D eigenvalue weighted by molar-refractivity contribution is -0.130. The summed E-state index contributed by atoms with van der Waals surface area (Å²) in [6.45, 7) is 5.37. The Hall–Kier alpha value is -0.370. The first-order chi connectivity index (χ1) is 4.70. The third-order valence-electron chi connectivity index (χ3n) is 2.03. The molecule has 2 nitrogen and oxygen atoms in total. The zero-order valence-electron chi connectivity index (χ0n) is 6.59. The highest BCUT2D eigenvalue weighted by Crippen LogP contribution is 2.19. The van der Waals surface area contributed by atoms with E-state index in [1.54, 1.807) is 0 Å². The summed E-state index contributed by atoms with van der Waals surface area (Å²) in [6, 6.07) is 0. The fourth-order valence-corrected chi connectivity index (χ4v) is 1.16. The van der Waals surface area contributed by atoms with Crippen LogP contribution in [0.4, 0.5) is 0 Å². The minimum atomic E-state index is 0.255. The van der Waals surface area contributed by atoms with Crippen molar-refractivity contribution in [3.63, 3.8) is 0 Å². The van der Waals surface area contributed by atoms with Gasteiger partial charge in [0.15, 0.2) is 5.78 Å². The molecule has 0 bridgehead atoms. The maximum Gasteiger partial charge on any atom is 0.158 e. The predicted molar refractivity (Wildman–Crippen MR) is 38.8 cm³/mol. The largest absolute Gasteiger partial charge is 0.373 e. The van der Waals surface area contributed by atoms with Crippen LogP contribution in [0.3, 0.4) is 0 Å². The molecule has 0 aromatic carbocycles. The first kappa shape index (κ1) is 7.73. The van der Waals surface area contributed by atoms with Crippen molar-refractivity contribution < 1.29 is 9.53 Å². The van der Waals surface area contributed by atoms with Crippen molar-refractivity contribution in [2.24, 2.45) is 11.8 Å². The third-order valence-corrected chi connectivity index (χ3v) is 2.03. The summed E-state index contributed by atoms with van der Waals surface area (Å²) in [5.41, 5.74) is 0.